The van der Waals surface area contributed by atoms with Crippen LogP contribution in [-0.2, 0) is 0 Å². The lowest BCUT2D eigenvalue weighted by Crippen LogP contribution is -2.18. The Balaban J connectivity index is 1.55. The van der Waals surface area contributed by atoms with Gasteiger partial charge < -0.3 is 25.1 Å². The summed E-state index contributed by atoms with van der Waals surface area (Å²) in [4.78, 5) is 32.5. The fourth-order valence-corrected chi connectivity index (χ4v) is 3.26. The van der Waals surface area contributed by atoms with Crippen LogP contribution in [0.2, 0.25) is 0 Å². The van der Waals surface area contributed by atoms with Gasteiger partial charge in [-0.1, -0.05) is 6.07 Å². The number of aryl methyl sites for hydroxylation is 1. The maximum absolute atomic E-state index is 12.1. The lowest BCUT2D eigenvalue weighted by atomic mass is 10.1. The molecule has 0 saturated carbocycles. The lowest BCUT2D eigenvalue weighted by molar-refractivity contribution is 0.0955. The molecule has 0 unspecified atom stereocenters. The van der Waals surface area contributed by atoms with E-state index in [4.69, 9.17) is 9.15 Å². The molecule has 0 aliphatic heterocycles. The van der Waals surface area contributed by atoms with Crippen LogP contribution in [0.3, 0.4) is 0 Å². The summed E-state index contributed by atoms with van der Waals surface area (Å²) >= 11 is 0. The Morgan fingerprint density at radius 2 is 1.81 bits per heavy atom. The van der Waals surface area contributed by atoms with E-state index in [2.05, 4.69) is 25.9 Å². The first-order chi connectivity index (χ1) is 15.5. The number of fused-ring (bicyclic) bond motifs is 1. The smallest absolute Gasteiger partial charge is 0.255 e. The number of nitrogens with zero attached hydrogens (tertiary/aromatic N) is 2. The molecule has 0 spiro atoms. The Bertz CT molecular complexity index is 1310. The Hall–Kier alpha value is -4.40. The van der Waals surface area contributed by atoms with Gasteiger partial charge in [0.25, 0.3) is 11.8 Å². The van der Waals surface area contributed by atoms with Crippen LogP contribution < -0.4 is 20.7 Å². The fourth-order valence-electron chi connectivity index (χ4n) is 3.26. The van der Waals surface area contributed by atoms with Crippen LogP contribution in [0.5, 0.6) is 11.6 Å². The van der Waals surface area contributed by atoms with Gasteiger partial charge in [0.1, 0.15) is 17.1 Å². The summed E-state index contributed by atoms with van der Waals surface area (Å²) in [5.74, 6) is 1.27. The highest BCUT2D eigenvalue weighted by Crippen LogP contribution is 2.30. The molecular formula is C23H21N5O4. The predicted molar refractivity (Wildman–Crippen MR) is 120 cm³/mol. The summed E-state index contributed by atoms with van der Waals surface area (Å²) < 4.78 is 11.6. The van der Waals surface area contributed by atoms with Gasteiger partial charge in [-0.2, -0.15) is 4.98 Å². The van der Waals surface area contributed by atoms with E-state index >= 15 is 0 Å². The zero-order chi connectivity index (χ0) is 22.7. The van der Waals surface area contributed by atoms with Crippen molar-refractivity contribution in [1.29, 1.82) is 0 Å². The van der Waals surface area contributed by atoms with E-state index < -0.39 is 0 Å². The number of rotatable bonds is 6. The molecule has 2 aromatic carbocycles. The Morgan fingerprint density at radius 1 is 1.00 bits per heavy atom. The molecule has 162 valence electrons. The number of ether oxygens (including phenoxy) is 1. The largest absolute Gasteiger partial charge is 0.460 e. The first kappa shape index (κ1) is 20.9. The van der Waals surface area contributed by atoms with Crippen molar-refractivity contribution >= 4 is 34.4 Å². The predicted octanol–water partition coefficient (Wildman–Crippen LogP) is 3.79. The van der Waals surface area contributed by atoms with Crippen LogP contribution in [0, 0.1) is 6.92 Å². The maximum Gasteiger partial charge on any atom is 0.255 e. The minimum absolute atomic E-state index is 0.185. The number of hydrogen-bond acceptors (Lipinski definition) is 7. The molecule has 0 saturated heterocycles. The van der Waals surface area contributed by atoms with E-state index in [0.717, 1.165) is 0 Å². The van der Waals surface area contributed by atoms with Crippen molar-refractivity contribution in [2.75, 3.05) is 19.4 Å². The zero-order valence-corrected chi connectivity index (χ0v) is 17.7. The third-order valence-electron chi connectivity index (χ3n) is 4.75. The van der Waals surface area contributed by atoms with E-state index in [0.29, 0.717) is 51.1 Å². The molecule has 0 fully saturated rings. The first-order valence-electron chi connectivity index (χ1n) is 9.84. The summed E-state index contributed by atoms with van der Waals surface area (Å²) in [7, 11) is 3.15. The normalized spacial score (nSPS) is 10.6. The molecule has 4 aromatic rings. The second-order valence-corrected chi connectivity index (χ2v) is 6.88. The Morgan fingerprint density at radius 3 is 2.59 bits per heavy atom. The van der Waals surface area contributed by atoms with E-state index in [1.54, 1.807) is 75.7 Å². The van der Waals surface area contributed by atoms with E-state index in [9.17, 15) is 9.59 Å². The van der Waals surface area contributed by atoms with Crippen molar-refractivity contribution in [3.05, 3.63) is 71.6 Å². The highest BCUT2D eigenvalue weighted by molar-refractivity contribution is 6.07. The summed E-state index contributed by atoms with van der Waals surface area (Å²) in [6, 6.07) is 13.8. The molecule has 0 radical (unpaired) electrons. The van der Waals surface area contributed by atoms with Crippen molar-refractivity contribution in [3.63, 3.8) is 0 Å². The monoisotopic (exact) mass is 431 g/mol. The number of aromatic nitrogens is 2. The average Bonchev–Trinajstić information content (AvgIpc) is 3.13. The number of carbonyl (C=O) groups excluding carboxylic acids is 2. The fraction of sp³-hybridized carbons (Fsp3) is 0.130. The molecule has 0 bridgehead atoms. The summed E-state index contributed by atoms with van der Waals surface area (Å²) in [6.45, 7) is 1.74. The molecule has 2 heterocycles. The van der Waals surface area contributed by atoms with Gasteiger partial charge in [0.15, 0.2) is 0 Å². The zero-order valence-electron chi connectivity index (χ0n) is 17.7. The molecule has 4 rings (SSSR count). The van der Waals surface area contributed by atoms with Crippen molar-refractivity contribution in [1.82, 2.24) is 20.6 Å². The minimum atomic E-state index is -0.207. The van der Waals surface area contributed by atoms with E-state index in [1.807, 2.05) is 0 Å². The average molecular weight is 431 g/mol. The third kappa shape index (κ3) is 4.22. The first-order valence-corrected chi connectivity index (χ1v) is 9.84. The summed E-state index contributed by atoms with van der Waals surface area (Å²) in [6.07, 6.45) is 1.56. The van der Waals surface area contributed by atoms with E-state index in [-0.39, 0.29) is 11.8 Å². The van der Waals surface area contributed by atoms with Gasteiger partial charge in [0, 0.05) is 49.1 Å². The number of benzene rings is 2. The van der Waals surface area contributed by atoms with Crippen LogP contribution in [-0.4, -0.2) is 35.9 Å². The second kappa shape index (κ2) is 8.76. The molecule has 3 N–H and O–H groups in total. The van der Waals surface area contributed by atoms with Gasteiger partial charge in [-0.25, -0.2) is 4.98 Å². The van der Waals surface area contributed by atoms with Gasteiger partial charge in [-0.15, -0.1) is 0 Å². The summed E-state index contributed by atoms with van der Waals surface area (Å²) in [5, 5.41) is 8.97. The highest BCUT2D eigenvalue weighted by atomic mass is 16.5. The molecule has 9 nitrogen and oxygen atoms in total. The van der Waals surface area contributed by atoms with Crippen LogP contribution in [0.1, 0.15) is 26.5 Å². The van der Waals surface area contributed by atoms with Gasteiger partial charge in [0.2, 0.25) is 11.8 Å². The topological polar surface area (TPSA) is 118 Å². The van der Waals surface area contributed by atoms with Crippen molar-refractivity contribution in [3.8, 4) is 11.6 Å². The van der Waals surface area contributed by atoms with Crippen molar-refractivity contribution in [2.24, 2.45) is 0 Å². The molecule has 9 heteroatoms. The Kier molecular flexibility index (Phi) is 5.71. The molecule has 32 heavy (non-hydrogen) atoms. The molecule has 0 aliphatic carbocycles. The van der Waals surface area contributed by atoms with Crippen LogP contribution in [0.25, 0.3) is 11.0 Å². The highest BCUT2D eigenvalue weighted by Gasteiger charge is 2.17. The Labute approximate surface area is 183 Å². The molecule has 2 amide bonds. The molecular weight excluding hydrogens is 410 g/mol. The number of nitrogens with one attached hydrogen (secondary N) is 3. The van der Waals surface area contributed by atoms with Crippen molar-refractivity contribution in [2.45, 2.75) is 6.92 Å². The molecule has 0 atom stereocenters. The van der Waals surface area contributed by atoms with Gasteiger partial charge in [0.05, 0.1) is 5.56 Å². The second-order valence-electron chi connectivity index (χ2n) is 6.88. The van der Waals surface area contributed by atoms with Gasteiger partial charge >= 0.3 is 0 Å². The number of carbonyl (C=O) groups is 2. The van der Waals surface area contributed by atoms with Crippen LogP contribution in [0.15, 0.2) is 59.1 Å². The third-order valence-corrected chi connectivity index (χ3v) is 4.75. The number of amides is 2. The van der Waals surface area contributed by atoms with Crippen LogP contribution >= 0.6 is 0 Å². The van der Waals surface area contributed by atoms with Gasteiger partial charge in [-0.05, 0) is 37.3 Å². The van der Waals surface area contributed by atoms with Crippen LogP contribution in [0.4, 0.5) is 11.6 Å². The molecule has 0 aliphatic rings. The standard InChI is InChI=1S/C23H21N5O4/c1-13-20(22(30)25-3)17-8-7-16(12-18(17)31-13)32-19-9-10-26-23(28-19)27-15-6-4-5-14(11-15)21(29)24-2/h4-12H,1-3H3,(H,24,29)(H,25,30)(H,26,27,28). The van der Waals surface area contributed by atoms with Crippen molar-refractivity contribution < 1.29 is 18.7 Å². The number of anilines is 2. The maximum atomic E-state index is 12.1. The minimum Gasteiger partial charge on any atom is -0.460 e. The lowest BCUT2D eigenvalue weighted by Gasteiger charge is -2.09. The summed E-state index contributed by atoms with van der Waals surface area (Å²) in [5.41, 5.74) is 2.22. The van der Waals surface area contributed by atoms with Gasteiger partial charge in [-0.3, -0.25) is 9.59 Å². The molecule has 2 aromatic heterocycles. The van der Waals surface area contributed by atoms with E-state index in [1.165, 1.54) is 0 Å². The quantitative estimate of drug-likeness (QED) is 0.425. The SMILES string of the molecule is CNC(=O)c1cccc(Nc2nccc(Oc3ccc4c(C(=O)NC)c(C)oc4c3)n2)c1. The number of hydrogen-bond donors (Lipinski definition) is 3. The number of furan rings is 1.